The minimum absolute atomic E-state index is 0.127. The molecule has 0 aliphatic heterocycles. The van der Waals surface area contributed by atoms with Crippen LogP contribution in [0.3, 0.4) is 0 Å². The second-order valence-electron chi connectivity index (χ2n) is 4.47. The van der Waals surface area contributed by atoms with Crippen molar-refractivity contribution in [3.63, 3.8) is 0 Å². The Morgan fingerprint density at radius 1 is 1.10 bits per heavy atom. The summed E-state index contributed by atoms with van der Waals surface area (Å²) in [7, 11) is 0. The Bertz CT molecular complexity index is 569. The maximum absolute atomic E-state index is 6.18. The zero-order valence-corrected chi connectivity index (χ0v) is 13.0. The minimum atomic E-state index is 0.127. The van der Waals surface area contributed by atoms with E-state index < -0.39 is 0 Å². The van der Waals surface area contributed by atoms with E-state index in [1.54, 1.807) is 6.07 Å². The molecule has 2 nitrogen and oxygen atoms in total. The van der Waals surface area contributed by atoms with E-state index in [1.807, 2.05) is 43.3 Å². The third-order valence-electron chi connectivity index (χ3n) is 3.01. The number of anilines is 1. The standard InChI is InChI=1S/C16H17Cl2NO/c1-3-20-13-9-7-12(8-10-13)11(2)19-15-6-4-5-14(17)16(15)18/h4-11,19H,3H2,1-2H3. The van der Waals surface area contributed by atoms with Crippen molar-refractivity contribution in [2.24, 2.45) is 0 Å². The van der Waals surface area contributed by atoms with Crippen molar-refractivity contribution >= 4 is 28.9 Å². The molecular formula is C16H17Cl2NO. The van der Waals surface area contributed by atoms with Crippen LogP contribution in [0.15, 0.2) is 42.5 Å². The van der Waals surface area contributed by atoms with Crippen LogP contribution >= 0.6 is 23.2 Å². The Balaban J connectivity index is 2.11. The molecule has 1 unspecified atom stereocenters. The lowest BCUT2D eigenvalue weighted by Gasteiger charge is -2.17. The van der Waals surface area contributed by atoms with Gasteiger partial charge in [0.1, 0.15) is 5.75 Å². The van der Waals surface area contributed by atoms with E-state index in [0.717, 1.165) is 17.0 Å². The quantitative estimate of drug-likeness (QED) is 0.780. The summed E-state index contributed by atoms with van der Waals surface area (Å²) in [5.41, 5.74) is 1.99. The van der Waals surface area contributed by atoms with Crippen LogP contribution in [0.25, 0.3) is 0 Å². The molecule has 0 heterocycles. The monoisotopic (exact) mass is 309 g/mol. The van der Waals surface area contributed by atoms with E-state index in [4.69, 9.17) is 27.9 Å². The lowest BCUT2D eigenvalue weighted by molar-refractivity contribution is 0.340. The molecule has 1 N–H and O–H groups in total. The van der Waals surface area contributed by atoms with Gasteiger partial charge in [-0.1, -0.05) is 41.4 Å². The van der Waals surface area contributed by atoms with E-state index in [0.29, 0.717) is 16.7 Å². The summed E-state index contributed by atoms with van der Waals surface area (Å²) in [6.07, 6.45) is 0. The smallest absolute Gasteiger partial charge is 0.119 e. The Labute approximate surface area is 129 Å². The number of halogens is 2. The number of rotatable bonds is 5. The summed E-state index contributed by atoms with van der Waals surface area (Å²) in [5, 5.41) is 4.46. The molecule has 1 atom stereocenters. The largest absolute Gasteiger partial charge is 0.494 e. The van der Waals surface area contributed by atoms with Crippen molar-refractivity contribution < 1.29 is 4.74 Å². The Hall–Kier alpha value is -1.38. The molecule has 0 saturated carbocycles. The van der Waals surface area contributed by atoms with Gasteiger partial charge in [-0.3, -0.25) is 0 Å². The molecule has 106 valence electrons. The van der Waals surface area contributed by atoms with Gasteiger partial charge in [0, 0.05) is 6.04 Å². The fourth-order valence-corrected chi connectivity index (χ4v) is 2.31. The lowest BCUT2D eigenvalue weighted by atomic mass is 10.1. The highest BCUT2D eigenvalue weighted by Gasteiger charge is 2.09. The maximum atomic E-state index is 6.18. The Morgan fingerprint density at radius 2 is 1.80 bits per heavy atom. The van der Waals surface area contributed by atoms with E-state index in [2.05, 4.69) is 12.2 Å². The molecule has 0 aliphatic carbocycles. The van der Waals surface area contributed by atoms with Gasteiger partial charge < -0.3 is 10.1 Å². The van der Waals surface area contributed by atoms with Crippen LogP contribution in [0.1, 0.15) is 25.5 Å². The number of nitrogens with one attached hydrogen (secondary N) is 1. The Kier molecular flexibility index (Phi) is 5.16. The first-order chi connectivity index (χ1) is 9.61. The zero-order chi connectivity index (χ0) is 14.5. The van der Waals surface area contributed by atoms with E-state index >= 15 is 0 Å². The molecule has 0 radical (unpaired) electrons. The molecule has 20 heavy (non-hydrogen) atoms. The van der Waals surface area contributed by atoms with Gasteiger partial charge in [0.2, 0.25) is 0 Å². The zero-order valence-electron chi connectivity index (χ0n) is 11.5. The first-order valence-corrected chi connectivity index (χ1v) is 7.30. The maximum Gasteiger partial charge on any atom is 0.119 e. The van der Waals surface area contributed by atoms with Crippen LogP contribution in [0.2, 0.25) is 10.0 Å². The van der Waals surface area contributed by atoms with Crippen LogP contribution < -0.4 is 10.1 Å². The van der Waals surface area contributed by atoms with Crippen molar-refractivity contribution in [3.05, 3.63) is 58.1 Å². The van der Waals surface area contributed by atoms with E-state index in [9.17, 15) is 0 Å². The summed E-state index contributed by atoms with van der Waals surface area (Å²) >= 11 is 12.2. The average molecular weight is 310 g/mol. The van der Waals surface area contributed by atoms with Crippen molar-refractivity contribution in [3.8, 4) is 5.75 Å². The predicted molar refractivity (Wildman–Crippen MR) is 86.1 cm³/mol. The van der Waals surface area contributed by atoms with Crippen molar-refractivity contribution in [1.82, 2.24) is 0 Å². The van der Waals surface area contributed by atoms with Gasteiger partial charge in [-0.15, -0.1) is 0 Å². The molecular weight excluding hydrogens is 293 g/mol. The molecule has 0 bridgehead atoms. The van der Waals surface area contributed by atoms with E-state index in [-0.39, 0.29) is 6.04 Å². The topological polar surface area (TPSA) is 21.3 Å². The second kappa shape index (κ2) is 6.87. The van der Waals surface area contributed by atoms with Crippen molar-refractivity contribution in [1.29, 1.82) is 0 Å². The second-order valence-corrected chi connectivity index (χ2v) is 5.25. The van der Waals surface area contributed by atoms with Crippen LogP contribution in [0, 0.1) is 0 Å². The predicted octanol–water partition coefficient (Wildman–Crippen LogP) is 5.57. The van der Waals surface area contributed by atoms with Crippen molar-refractivity contribution in [2.45, 2.75) is 19.9 Å². The first-order valence-electron chi connectivity index (χ1n) is 6.55. The van der Waals surface area contributed by atoms with Gasteiger partial charge >= 0.3 is 0 Å². The average Bonchev–Trinajstić information content (AvgIpc) is 2.45. The Morgan fingerprint density at radius 3 is 2.45 bits per heavy atom. The summed E-state index contributed by atoms with van der Waals surface area (Å²) in [6.45, 7) is 4.72. The fourth-order valence-electron chi connectivity index (χ4n) is 1.95. The fraction of sp³-hybridized carbons (Fsp3) is 0.250. The van der Waals surface area contributed by atoms with Crippen molar-refractivity contribution in [2.75, 3.05) is 11.9 Å². The van der Waals surface area contributed by atoms with Gasteiger partial charge in [-0.2, -0.15) is 0 Å². The van der Waals surface area contributed by atoms with E-state index in [1.165, 1.54) is 0 Å². The number of benzene rings is 2. The molecule has 0 saturated heterocycles. The molecule has 0 aromatic heterocycles. The highest BCUT2D eigenvalue weighted by molar-refractivity contribution is 6.43. The third-order valence-corrected chi connectivity index (χ3v) is 3.83. The summed E-state index contributed by atoms with van der Waals surface area (Å²) in [5.74, 6) is 0.879. The van der Waals surface area contributed by atoms with Gasteiger partial charge in [-0.25, -0.2) is 0 Å². The number of ether oxygens (including phenoxy) is 1. The van der Waals surface area contributed by atoms with Gasteiger partial charge in [-0.05, 0) is 43.7 Å². The van der Waals surface area contributed by atoms with Gasteiger partial charge in [0.15, 0.2) is 0 Å². The molecule has 0 amide bonds. The molecule has 4 heteroatoms. The lowest BCUT2D eigenvalue weighted by Crippen LogP contribution is -2.07. The normalized spacial score (nSPS) is 12.0. The molecule has 0 fully saturated rings. The minimum Gasteiger partial charge on any atom is -0.494 e. The van der Waals surface area contributed by atoms with Crippen LogP contribution in [0.5, 0.6) is 5.75 Å². The summed E-state index contributed by atoms with van der Waals surface area (Å²) < 4.78 is 5.43. The molecule has 2 rings (SSSR count). The highest BCUT2D eigenvalue weighted by Crippen LogP contribution is 2.32. The molecule has 0 aliphatic rings. The highest BCUT2D eigenvalue weighted by atomic mass is 35.5. The number of hydrogen-bond donors (Lipinski definition) is 1. The molecule has 0 spiro atoms. The number of hydrogen-bond acceptors (Lipinski definition) is 2. The molecule has 2 aromatic carbocycles. The van der Waals surface area contributed by atoms with Crippen LogP contribution in [-0.2, 0) is 0 Å². The van der Waals surface area contributed by atoms with Gasteiger partial charge in [0.05, 0.1) is 22.3 Å². The van der Waals surface area contributed by atoms with Crippen LogP contribution in [0.4, 0.5) is 5.69 Å². The first kappa shape index (κ1) is 15.0. The summed E-state index contributed by atoms with van der Waals surface area (Å²) in [6, 6.07) is 13.7. The van der Waals surface area contributed by atoms with Crippen LogP contribution in [-0.4, -0.2) is 6.61 Å². The molecule has 2 aromatic rings. The third kappa shape index (κ3) is 3.59. The SMILES string of the molecule is CCOc1ccc(C(C)Nc2cccc(Cl)c2Cl)cc1. The van der Waals surface area contributed by atoms with Gasteiger partial charge in [0.25, 0.3) is 0 Å². The summed E-state index contributed by atoms with van der Waals surface area (Å²) in [4.78, 5) is 0.